The van der Waals surface area contributed by atoms with E-state index in [1.54, 1.807) is 0 Å². The Labute approximate surface area is 201 Å². The maximum Gasteiger partial charge on any atom is 0.248 e. The van der Waals surface area contributed by atoms with Crippen LogP contribution in [-0.2, 0) is 4.57 Å². The molecule has 0 aromatic heterocycles. The van der Waals surface area contributed by atoms with Crippen molar-refractivity contribution < 1.29 is 9.30 Å². The molecule has 1 atom stereocenters. The minimum Gasteiger partial charge on any atom is -0.396 e. The number of ether oxygens (including phenoxy) is 1. The minimum absolute atomic E-state index is 0.413. The molecule has 5 heteroatoms. The summed E-state index contributed by atoms with van der Waals surface area (Å²) < 4.78 is 21.9. The summed E-state index contributed by atoms with van der Waals surface area (Å²) >= 11 is 0. The van der Waals surface area contributed by atoms with Crippen molar-refractivity contribution in [1.29, 1.82) is 0 Å². The third-order valence-corrected chi connectivity index (χ3v) is 9.78. The van der Waals surface area contributed by atoms with Crippen molar-refractivity contribution in [2.24, 2.45) is 0 Å². The van der Waals surface area contributed by atoms with Crippen molar-refractivity contribution in [3.05, 3.63) is 120 Å². The largest absolute Gasteiger partial charge is 0.396 e. The first-order valence-corrected chi connectivity index (χ1v) is 13.1. The number of allylic oxidation sites excluding steroid dienone is 4. The fraction of sp³-hybridized carbons (Fsp3) is 0.172. The van der Waals surface area contributed by atoms with E-state index in [1.165, 1.54) is 0 Å². The fourth-order valence-corrected chi connectivity index (χ4v) is 7.84. The van der Waals surface area contributed by atoms with Crippen molar-refractivity contribution in [2.75, 3.05) is 33.1 Å². The summed E-state index contributed by atoms with van der Waals surface area (Å²) in [5.74, 6) is 1.44. The number of likely N-dealkylation sites (N-methyl/N-ethyl adjacent to an activating group) is 1. The zero-order chi connectivity index (χ0) is 23.9. The molecule has 3 aromatic carbocycles. The summed E-state index contributed by atoms with van der Waals surface area (Å²) in [6, 6.07) is 25.8. The van der Waals surface area contributed by atoms with Gasteiger partial charge in [-0.2, -0.15) is 0 Å². The molecule has 4 nitrogen and oxygen atoms in total. The Kier molecular flexibility index (Phi) is 5.65. The van der Waals surface area contributed by atoms with E-state index in [9.17, 15) is 0 Å². The van der Waals surface area contributed by atoms with Crippen LogP contribution in [0.1, 0.15) is 11.2 Å². The van der Waals surface area contributed by atoms with Gasteiger partial charge in [0.2, 0.25) is 5.76 Å². The normalized spacial score (nSPS) is 16.6. The molecule has 2 aliphatic rings. The maximum atomic E-state index is 15.4. The fourth-order valence-electron chi connectivity index (χ4n) is 4.55. The zero-order valence-electron chi connectivity index (χ0n) is 19.9. The van der Waals surface area contributed by atoms with E-state index in [0.29, 0.717) is 5.76 Å². The van der Waals surface area contributed by atoms with Gasteiger partial charge in [0.25, 0.3) is 0 Å². The lowest BCUT2D eigenvalue weighted by molar-refractivity contribution is 0.412. The average molecular weight is 468 g/mol. The van der Waals surface area contributed by atoms with Crippen molar-refractivity contribution in [3.8, 4) is 5.75 Å². The van der Waals surface area contributed by atoms with Crippen LogP contribution in [0.25, 0.3) is 0 Å². The van der Waals surface area contributed by atoms with Crippen molar-refractivity contribution >= 4 is 23.4 Å². The number of fused-ring (bicyclic) bond motifs is 1. The third kappa shape index (κ3) is 3.66. The van der Waals surface area contributed by atoms with Gasteiger partial charge in [0.05, 0.1) is 6.08 Å². The Bertz CT molecular complexity index is 1310. The highest BCUT2D eigenvalue weighted by Crippen LogP contribution is 2.64. The van der Waals surface area contributed by atoms with E-state index in [1.807, 2.05) is 117 Å². The SMILES string of the molecule is CN(C)C1=CC2=C([C+]=C1)C(P(=O)(c1ccccc1)c1ccccc1)c1ccc(N(C)C)cc1O2. The molecule has 0 saturated carbocycles. The van der Waals surface area contributed by atoms with Gasteiger partial charge in [0, 0.05) is 56.1 Å². The lowest BCUT2D eigenvalue weighted by Crippen LogP contribution is -2.27. The van der Waals surface area contributed by atoms with E-state index in [4.69, 9.17) is 4.74 Å². The van der Waals surface area contributed by atoms with Crippen LogP contribution in [-0.4, -0.2) is 33.1 Å². The summed E-state index contributed by atoms with van der Waals surface area (Å²) in [6.45, 7) is 0. The highest BCUT2D eigenvalue weighted by molar-refractivity contribution is 7.79. The lowest BCUT2D eigenvalue weighted by atomic mass is 9.95. The first-order valence-electron chi connectivity index (χ1n) is 11.3. The molecule has 0 spiro atoms. The van der Waals surface area contributed by atoms with E-state index in [0.717, 1.165) is 38.9 Å². The summed E-state index contributed by atoms with van der Waals surface area (Å²) in [5.41, 5.74) is 3.35. The molecule has 0 bridgehead atoms. The molecule has 0 radical (unpaired) electrons. The van der Waals surface area contributed by atoms with Crippen molar-refractivity contribution in [1.82, 2.24) is 4.90 Å². The molecule has 3 aromatic rings. The molecular weight excluding hydrogens is 439 g/mol. The van der Waals surface area contributed by atoms with Crippen LogP contribution in [0.15, 0.2) is 108 Å². The number of nitrogens with zero attached hydrogens (tertiary/aromatic N) is 2. The molecule has 1 aliphatic heterocycles. The van der Waals surface area contributed by atoms with Crippen molar-refractivity contribution in [2.45, 2.75) is 5.66 Å². The second-order valence-corrected chi connectivity index (χ2v) is 11.8. The predicted molar refractivity (Wildman–Crippen MR) is 141 cm³/mol. The van der Waals surface area contributed by atoms with Gasteiger partial charge in [-0.25, -0.2) is 0 Å². The average Bonchev–Trinajstić information content (AvgIpc) is 2.87. The molecule has 1 unspecified atom stereocenters. The molecule has 0 fully saturated rings. The molecule has 0 N–H and O–H groups in total. The molecular formula is C29H28N2O2P+. The topological polar surface area (TPSA) is 32.8 Å². The molecule has 1 aliphatic carbocycles. The summed E-state index contributed by atoms with van der Waals surface area (Å²) in [5, 5.41) is 1.65. The number of hydrogen-bond acceptors (Lipinski definition) is 4. The van der Waals surface area contributed by atoms with E-state index < -0.39 is 12.8 Å². The molecule has 0 amide bonds. The van der Waals surface area contributed by atoms with Crippen LogP contribution in [0.5, 0.6) is 5.75 Å². The maximum absolute atomic E-state index is 15.4. The van der Waals surface area contributed by atoms with E-state index >= 15 is 4.57 Å². The van der Waals surface area contributed by atoms with Gasteiger partial charge in [-0.3, -0.25) is 0 Å². The van der Waals surface area contributed by atoms with Gasteiger partial charge in [-0.1, -0.05) is 66.7 Å². The summed E-state index contributed by atoms with van der Waals surface area (Å²) in [6.07, 6.45) is 7.43. The Hall–Kier alpha value is -3.58. The van der Waals surface area contributed by atoms with Gasteiger partial charge in [0.1, 0.15) is 17.8 Å². The molecule has 170 valence electrons. The first kappa shape index (κ1) is 22.2. The molecule has 5 rings (SSSR count). The Morgan fingerprint density at radius 1 is 0.824 bits per heavy atom. The zero-order valence-corrected chi connectivity index (χ0v) is 20.8. The Morgan fingerprint density at radius 2 is 1.44 bits per heavy atom. The Balaban J connectivity index is 1.81. The van der Waals surface area contributed by atoms with Crippen molar-refractivity contribution in [3.63, 3.8) is 0 Å². The predicted octanol–water partition coefficient (Wildman–Crippen LogP) is 5.27. The summed E-state index contributed by atoms with van der Waals surface area (Å²) in [4.78, 5) is 4.07. The second-order valence-electron chi connectivity index (χ2n) is 8.98. The number of hydrogen-bond donors (Lipinski definition) is 0. The van der Waals surface area contributed by atoms with Gasteiger partial charge in [0.15, 0.2) is 24.2 Å². The van der Waals surface area contributed by atoms with Crippen LogP contribution < -0.4 is 20.2 Å². The van der Waals surface area contributed by atoms with E-state index in [-0.39, 0.29) is 0 Å². The van der Waals surface area contributed by atoms with Gasteiger partial charge >= 0.3 is 0 Å². The minimum atomic E-state index is -3.18. The number of rotatable bonds is 5. The number of anilines is 1. The lowest BCUT2D eigenvalue weighted by Gasteiger charge is -2.32. The molecule has 1 heterocycles. The van der Waals surface area contributed by atoms with Crippen LogP contribution in [0.2, 0.25) is 0 Å². The van der Waals surface area contributed by atoms with Gasteiger partial charge < -0.3 is 19.1 Å². The smallest absolute Gasteiger partial charge is 0.248 e. The van der Waals surface area contributed by atoms with Gasteiger partial charge in [-0.15, -0.1) is 0 Å². The van der Waals surface area contributed by atoms with Crippen LogP contribution in [0, 0.1) is 6.08 Å². The van der Waals surface area contributed by atoms with Crippen LogP contribution in [0.3, 0.4) is 0 Å². The standard InChI is InChI=1S/C29H28N2O2P/c1-30(2)21-15-17-25-27(19-21)33-28-20-22(31(3)4)16-18-26(28)29(25)34(32,23-11-7-5-8-12-23)24-13-9-6-10-14-24/h5-17,19-20,29H,1-4H3/q+1. The second kappa shape index (κ2) is 8.65. The quantitative estimate of drug-likeness (QED) is 0.378. The molecule has 0 saturated heterocycles. The van der Waals surface area contributed by atoms with E-state index in [2.05, 4.69) is 18.2 Å². The van der Waals surface area contributed by atoms with Crippen LogP contribution in [0.4, 0.5) is 5.69 Å². The van der Waals surface area contributed by atoms with Gasteiger partial charge in [-0.05, 0) is 6.07 Å². The first-order chi connectivity index (χ1) is 16.4. The molecule has 34 heavy (non-hydrogen) atoms. The summed E-state index contributed by atoms with van der Waals surface area (Å²) in [7, 11) is 4.82. The third-order valence-electron chi connectivity index (χ3n) is 6.38. The highest BCUT2D eigenvalue weighted by atomic mass is 31.2. The number of benzene rings is 3. The Morgan fingerprint density at radius 3 is 2.00 bits per heavy atom. The highest BCUT2D eigenvalue weighted by Gasteiger charge is 2.48. The monoisotopic (exact) mass is 467 g/mol. The van der Waals surface area contributed by atoms with Crippen LogP contribution >= 0.6 is 7.14 Å².